The molecule has 0 saturated carbocycles. The Balaban J connectivity index is 1.79. The van der Waals surface area contributed by atoms with Crippen LogP contribution in [-0.4, -0.2) is 42.2 Å². The maximum absolute atomic E-state index is 3.45. The fraction of sp³-hybridized carbons (Fsp3) is 0.600. The molecule has 1 aromatic rings. The molecule has 3 nitrogen and oxygen atoms in total. The van der Waals surface area contributed by atoms with Crippen LogP contribution in [0.2, 0.25) is 0 Å². The molecule has 0 aromatic carbocycles. The normalized spacial score (nSPS) is 18.9. The summed E-state index contributed by atoms with van der Waals surface area (Å²) in [6.07, 6.45) is 9.09. The molecule has 2 rings (SSSR count). The van der Waals surface area contributed by atoms with Crippen LogP contribution in [0, 0.1) is 0 Å². The second-order valence-electron chi connectivity index (χ2n) is 5.19. The van der Waals surface area contributed by atoms with E-state index in [4.69, 9.17) is 0 Å². The Labute approximate surface area is 110 Å². The molecule has 0 radical (unpaired) electrons. The lowest BCUT2D eigenvalue weighted by atomic mass is 10.1. The van der Waals surface area contributed by atoms with E-state index in [1.165, 1.54) is 43.7 Å². The van der Waals surface area contributed by atoms with E-state index in [0.717, 1.165) is 13.0 Å². The number of nitrogens with zero attached hydrogens (tertiary/aromatic N) is 2. The van der Waals surface area contributed by atoms with Crippen molar-refractivity contribution in [2.75, 3.05) is 32.7 Å². The highest BCUT2D eigenvalue weighted by molar-refractivity contribution is 5.62. The van der Waals surface area contributed by atoms with Crippen LogP contribution in [0.1, 0.15) is 25.3 Å². The zero-order valence-electron chi connectivity index (χ0n) is 11.7. The van der Waals surface area contributed by atoms with E-state index in [9.17, 15) is 0 Å². The van der Waals surface area contributed by atoms with Crippen molar-refractivity contribution in [3.63, 3.8) is 0 Å². The van der Waals surface area contributed by atoms with Gasteiger partial charge in [-0.05, 0) is 50.1 Å². The fourth-order valence-electron chi connectivity index (χ4n) is 2.44. The number of rotatable bonds is 4. The molecule has 3 heteroatoms. The summed E-state index contributed by atoms with van der Waals surface area (Å²) in [6.45, 7) is 8.14. The summed E-state index contributed by atoms with van der Waals surface area (Å²) in [7, 11) is 2.07. The minimum absolute atomic E-state index is 1.14. The second-order valence-corrected chi connectivity index (χ2v) is 5.19. The molecule has 1 fully saturated rings. The standard InChI is InChI=1S/C15H25N3/c1-14(15-6-11-17(2)13-15)5-3-9-18-10-4-7-16-8-12-18/h5-6,11,13,16H,3-4,7-10,12H2,1-2H3/b14-5+. The molecule has 1 saturated heterocycles. The van der Waals surface area contributed by atoms with Gasteiger partial charge in [-0.15, -0.1) is 0 Å². The van der Waals surface area contributed by atoms with Gasteiger partial charge >= 0.3 is 0 Å². The molecular formula is C15H25N3. The zero-order valence-corrected chi connectivity index (χ0v) is 11.7. The molecule has 18 heavy (non-hydrogen) atoms. The fourth-order valence-corrected chi connectivity index (χ4v) is 2.44. The SMILES string of the molecule is C/C(=C\CCN1CCCNCC1)c1ccn(C)c1. The minimum atomic E-state index is 1.14. The molecule has 100 valence electrons. The van der Waals surface area contributed by atoms with Gasteiger partial charge in [-0.25, -0.2) is 0 Å². The van der Waals surface area contributed by atoms with E-state index in [0.29, 0.717) is 0 Å². The Morgan fingerprint density at radius 1 is 1.39 bits per heavy atom. The van der Waals surface area contributed by atoms with Crippen molar-refractivity contribution in [3.8, 4) is 0 Å². The molecule has 0 spiro atoms. The summed E-state index contributed by atoms with van der Waals surface area (Å²) in [5.41, 5.74) is 2.73. The summed E-state index contributed by atoms with van der Waals surface area (Å²) in [4.78, 5) is 2.56. The molecule has 1 N–H and O–H groups in total. The molecular weight excluding hydrogens is 222 g/mol. The summed E-state index contributed by atoms with van der Waals surface area (Å²) in [5, 5.41) is 3.45. The Morgan fingerprint density at radius 2 is 2.28 bits per heavy atom. The van der Waals surface area contributed by atoms with Gasteiger partial charge in [-0.2, -0.15) is 0 Å². The Morgan fingerprint density at radius 3 is 3.06 bits per heavy atom. The second kappa shape index (κ2) is 6.76. The van der Waals surface area contributed by atoms with E-state index < -0.39 is 0 Å². The van der Waals surface area contributed by atoms with Crippen LogP contribution in [0.4, 0.5) is 0 Å². The van der Waals surface area contributed by atoms with Crippen LogP contribution in [0.3, 0.4) is 0 Å². The summed E-state index contributed by atoms with van der Waals surface area (Å²) >= 11 is 0. The van der Waals surface area contributed by atoms with Crippen LogP contribution in [-0.2, 0) is 7.05 Å². The van der Waals surface area contributed by atoms with Crippen molar-refractivity contribution in [3.05, 3.63) is 30.1 Å². The van der Waals surface area contributed by atoms with Crippen molar-refractivity contribution in [1.82, 2.24) is 14.8 Å². The molecule has 1 aliphatic rings. The van der Waals surface area contributed by atoms with Gasteiger partial charge in [-0.1, -0.05) is 6.08 Å². The smallest absolute Gasteiger partial charge is 0.0107 e. The molecule has 0 bridgehead atoms. The van der Waals surface area contributed by atoms with Crippen molar-refractivity contribution < 1.29 is 0 Å². The van der Waals surface area contributed by atoms with Crippen LogP contribution in [0.5, 0.6) is 0 Å². The predicted molar refractivity (Wildman–Crippen MR) is 77.6 cm³/mol. The van der Waals surface area contributed by atoms with Crippen molar-refractivity contribution in [2.45, 2.75) is 19.8 Å². The van der Waals surface area contributed by atoms with Gasteiger partial charge in [0.05, 0.1) is 0 Å². The Hall–Kier alpha value is -1.06. The first kappa shape index (κ1) is 13.4. The van der Waals surface area contributed by atoms with Gasteiger partial charge in [0.25, 0.3) is 0 Å². The first-order valence-electron chi connectivity index (χ1n) is 6.98. The average molecular weight is 247 g/mol. The Kier molecular flexibility index (Phi) is 5.02. The third kappa shape index (κ3) is 4.00. The Bertz CT molecular complexity index is 384. The van der Waals surface area contributed by atoms with E-state index in [2.05, 4.69) is 53.3 Å². The largest absolute Gasteiger partial charge is 0.357 e. The highest BCUT2D eigenvalue weighted by Gasteiger charge is 2.07. The molecule has 0 unspecified atom stereocenters. The summed E-state index contributed by atoms with van der Waals surface area (Å²) < 4.78 is 2.10. The number of hydrogen-bond acceptors (Lipinski definition) is 2. The third-order valence-corrected chi connectivity index (χ3v) is 3.62. The number of nitrogens with one attached hydrogen (secondary N) is 1. The molecule has 1 aromatic heterocycles. The average Bonchev–Trinajstić information content (AvgIpc) is 2.63. The number of aryl methyl sites for hydroxylation is 1. The maximum Gasteiger partial charge on any atom is 0.0107 e. The highest BCUT2D eigenvalue weighted by atomic mass is 15.1. The van der Waals surface area contributed by atoms with Crippen molar-refractivity contribution in [1.29, 1.82) is 0 Å². The van der Waals surface area contributed by atoms with Crippen molar-refractivity contribution in [2.24, 2.45) is 7.05 Å². The maximum atomic E-state index is 3.45. The lowest BCUT2D eigenvalue weighted by Gasteiger charge is -2.18. The van der Waals surface area contributed by atoms with Gasteiger partial charge in [-0.3, -0.25) is 0 Å². The molecule has 0 aliphatic carbocycles. The number of hydrogen-bond donors (Lipinski definition) is 1. The molecule has 0 atom stereocenters. The summed E-state index contributed by atoms with van der Waals surface area (Å²) in [6, 6.07) is 2.18. The predicted octanol–water partition coefficient (Wildman–Crippen LogP) is 2.11. The topological polar surface area (TPSA) is 20.2 Å². The van der Waals surface area contributed by atoms with Gasteiger partial charge in [0.1, 0.15) is 0 Å². The molecule has 0 amide bonds. The van der Waals surface area contributed by atoms with Gasteiger partial charge in [0.2, 0.25) is 0 Å². The van der Waals surface area contributed by atoms with Crippen LogP contribution in [0.15, 0.2) is 24.5 Å². The van der Waals surface area contributed by atoms with Crippen LogP contribution in [0.25, 0.3) is 5.57 Å². The van der Waals surface area contributed by atoms with E-state index in [1.54, 1.807) is 0 Å². The molecule has 2 heterocycles. The lowest BCUT2D eigenvalue weighted by molar-refractivity contribution is 0.298. The number of allylic oxidation sites excluding steroid dienone is 1. The minimum Gasteiger partial charge on any atom is -0.357 e. The van der Waals surface area contributed by atoms with Crippen LogP contribution < -0.4 is 5.32 Å². The quantitative estimate of drug-likeness (QED) is 0.879. The first-order valence-corrected chi connectivity index (χ1v) is 6.98. The van der Waals surface area contributed by atoms with E-state index in [-0.39, 0.29) is 0 Å². The van der Waals surface area contributed by atoms with Gasteiger partial charge < -0.3 is 14.8 Å². The first-order chi connectivity index (χ1) is 8.75. The monoisotopic (exact) mass is 247 g/mol. The van der Waals surface area contributed by atoms with Gasteiger partial charge in [0, 0.05) is 39.1 Å². The summed E-state index contributed by atoms with van der Waals surface area (Å²) in [5.74, 6) is 0. The highest BCUT2D eigenvalue weighted by Crippen LogP contribution is 2.14. The van der Waals surface area contributed by atoms with Crippen LogP contribution >= 0.6 is 0 Å². The van der Waals surface area contributed by atoms with E-state index in [1.807, 2.05) is 0 Å². The van der Waals surface area contributed by atoms with E-state index >= 15 is 0 Å². The number of aromatic nitrogens is 1. The lowest BCUT2D eigenvalue weighted by Crippen LogP contribution is -2.28. The third-order valence-electron chi connectivity index (χ3n) is 3.62. The molecule has 1 aliphatic heterocycles. The van der Waals surface area contributed by atoms with Crippen molar-refractivity contribution >= 4 is 5.57 Å². The van der Waals surface area contributed by atoms with Gasteiger partial charge in [0.15, 0.2) is 0 Å². The zero-order chi connectivity index (χ0) is 12.8.